The third-order valence-electron chi connectivity index (χ3n) is 3.96. The molecule has 144 valence electrons. The average Bonchev–Trinajstić information content (AvgIpc) is 2.66. The van der Waals surface area contributed by atoms with Gasteiger partial charge in [0.05, 0.1) is 20.8 Å². The fourth-order valence-corrected chi connectivity index (χ4v) is 2.97. The molecule has 2 aromatic carbocycles. The van der Waals surface area contributed by atoms with Crippen LogP contribution in [-0.2, 0) is 16.0 Å². The minimum Gasteiger partial charge on any atom is -0.497 e. The Morgan fingerprint density at radius 3 is 2.26 bits per heavy atom. The number of carbonyl (C=O) groups is 2. The van der Waals surface area contributed by atoms with E-state index < -0.39 is 0 Å². The predicted molar refractivity (Wildman–Crippen MR) is 108 cm³/mol. The summed E-state index contributed by atoms with van der Waals surface area (Å²) in [7, 11) is 3.16. The highest BCUT2D eigenvalue weighted by Gasteiger charge is 2.09. The molecule has 0 heterocycles. The predicted octanol–water partition coefficient (Wildman–Crippen LogP) is 3.46. The molecule has 0 aliphatic carbocycles. The minimum absolute atomic E-state index is 0.0736. The Hall–Kier alpha value is -2.54. The molecule has 0 unspecified atom stereocenters. The van der Waals surface area contributed by atoms with Gasteiger partial charge in [0.1, 0.15) is 11.5 Å². The van der Waals surface area contributed by atoms with Crippen molar-refractivity contribution < 1.29 is 19.1 Å². The highest BCUT2D eigenvalue weighted by atomic mass is 79.9. The van der Waals surface area contributed by atoms with Gasteiger partial charge >= 0.3 is 0 Å². The van der Waals surface area contributed by atoms with Crippen LogP contribution in [0, 0.1) is 6.92 Å². The van der Waals surface area contributed by atoms with Crippen molar-refractivity contribution in [3.05, 3.63) is 52.0 Å². The molecule has 0 radical (unpaired) electrons. The third-order valence-corrected chi connectivity index (χ3v) is 4.45. The largest absolute Gasteiger partial charge is 0.497 e. The van der Waals surface area contributed by atoms with Crippen molar-refractivity contribution >= 4 is 33.4 Å². The van der Waals surface area contributed by atoms with Gasteiger partial charge in [0, 0.05) is 22.6 Å². The smallest absolute Gasteiger partial charge is 0.243 e. The van der Waals surface area contributed by atoms with Crippen LogP contribution in [0.2, 0.25) is 0 Å². The minimum atomic E-state index is -0.267. The summed E-state index contributed by atoms with van der Waals surface area (Å²) in [6.07, 6.45) is 0.785. The second-order valence-corrected chi connectivity index (χ2v) is 6.92. The standard InChI is InChI=1S/C20H23BrN2O4/c1-13-8-15(21)5-6-18(13)23-20(25)12-22-19(24)7-4-14-9-16(26-2)11-17(10-14)27-3/h5-6,8-11H,4,7,12H2,1-3H3,(H,22,24)(H,23,25). The first-order chi connectivity index (χ1) is 12.9. The number of nitrogens with one attached hydrogen (secondary N) is 2. The summed E-state index contributed by atoms with van der Waals surface area (Å²) in [5.74, 6) is 0.888. The zero-order valence-electron chi connectivity index (χ0n) is 15.6. The van der Waals surface area contributed by atoms with E-state index in [-0.39, 0.29) is 24.8 Å². The summed E-state index contributed by atoms with van der Waals surface area (Å²) < 4.78 is 11.4. The van der Waals surface area contributed by atoms with Crippen LogP contribution < -0.4 is 20.1 Å². The summed E-state index contributed by atoms with van der Waals surface area (Å²) >= 11 is 3.38. The number of aryl methyl sites for hydroxylation is 2. The van der Waals surface area contributed by atoms with Crippen molar-refractivity contribution in [1.82, 2.24) is 5.32 Å². The van der Waals surface area contributed by atoms with E-state index >= 15 is 0 Å². The average molecular weight is 435 g/mol. The Labute approximate surface area is 167 Å². The number of halogens is 1. The molecule has 0 bridgehead atoms. The number of hydrogen-bond donors (Lipinski definition) is 2. The first-order valence-corrected chi connectivity index (χ1v) is 9.25. The second-order valence-electron chi connectivity index (χ2n) is 6.01. The fraction of sp³-hybridized carbons (Fsp3) is 0.300. The maximum absolute atomic E-state index is 12.0. The van der Waals surface area contributed by atoms with Crippen molar-refractivity contribution in [2.24, 2.45) is 0 Å². The van der Waals surface area contributed by atoms with E-state index in [1.807, 2.05) is 37.3 Å². The van der Waals surface area contributed by atoms with Crippen LogP contribution in [0.4, 0.5) is 5.69 Å². The number of carbonyl (C=O) groups excluding carboxylic acids is 2. The molecule has 2 amide bonds. The molecule has 2 rings (SSSR count). The van der Waals surface area contributed by atoms with Crippen molar-refractivity contribution in [2.75, 3.05) is 26.1 Å². The number of hydrogen-bond acceptors (Lipinski definition) is 4. The molecule has 27 heavy (non-hydrogen) atoms. The third kappa shape index (κ3) is 6.60. The Balaban J connectivity index is 1.81. The lowest BCUT2D eigenvalue weighted by Crippen LogP contribution is -2.33. The number of methoxy groups -OCH3 is 2. The molecule has 0 spiro atoms. The lowest BCUT2D eigenvalue weighted by molar-refractivity contribution is -0.124. The van der Waals surface area contributed by atoms with Gasteiger partial charge in [0.15, 0.2) is 0 Å². The molecule has 7 heteroatoms. The summed E-state index contributed by atoms with van der Waals surface area (Å²) in [5.41, 5.74) is 2.59. The number of rotatable bonds is 8. The Morgan fingerprint density at radius 1 is 1.00 bits per heavy atom. The first-order valence-electron chi connectivity index (χ1n) is 8.46. The number of amides is 2. The summed E-state index contributed by atoms with van der Waals surface area (Å²) in [6.45, 7) is 1.83. The molecule has 2 N–H and O–H groups in total. The molecular formula is C20H23BrN2O4. The highest BCUT2D eigenvalue weighted by molar-refractivity contribution is 9.10. The van der Waals surface area contributed by atoms with Crippen LogP contribution in [0.5, 0.6) is 11.5 Å². The number of ether oxygens (including phenoxy) is 2. The van der Waals surface area contributed by atoms with Crippen LogP contribution >= 0.6 is 15.9 Å². The highest BCUT2D eigenvalue weighted by Crippen LogP contribution is 2.23. The maximum Gasteiger partial charge on any atom is 0.243 e. The Bertz CT molecular complexity index is 801. The molecular weight excluding hydrogens is 412 g/mol. The van der Waals surface area contributed by atoms with Gasteiger partial charge in [-0.15, -0.1) is 0 Å². The van der Waals surface area contributed by atoms with Gasteiger partial charge in [0.2, 0.25) is 11.8 Å². The van der Waals surface area contributed by atoms with Crippen molar-refractivity contribution in [2.45, 2.75) is 19.8 Å². The number of benzene rings is 2. The Kier molecular flexibility index (Phi) is 7.67. The zero-order chi connectivity index (χ0) is 19.8. The molecule has 0 fully saturated rings. The van der Waals surface area contributed by atoms with Gasteiger partial charge in [-0.05, 0) is 54.8 Å². The van der Waals surface area contributed by atoms with Crippen LogP contribution in [0.15, 0.2) is 40.9 Å². The SMILES string of the molecule is COc1cc(CCC(=O)NCC(=O)Nc2ccc(Br)cc2C)cc(OC)c1. The molecule has 0 saturated carbocycles. The number of anilines is 1. The monoisotopic (exact) mass is 434 g/mol. The van der Waals surface area contributed by atoms with E-state index in [9.17, 15) is 9.59 Å². The van der Waals surface area contributed by atoms with Crippen LogP contribution in [0.3, 0.4) is 0 Å². The van der Waals surface area contributed by atoms with Crippen molar-refractivity contribution in [3.8, 4) is 11.5 Å². The molecule has 0 aliphatic heterocycles. The molecule has 0 aromatic heterocycles. The first kappa shape index (κ1) is 20.8. The van der Waals surface area contributed by atoms with Gasteiger partial charge in [0.25, 0.3) is 0 Å². The van der Waals surface area contributed by atoms with E-state index in [4.69, 9.17) is 9.47 Å². The maximum atomic E-state index is 12.0. The lowest BCUT2D eigenvalue weighted by atomic mass is 10.1. The van der Waals surface area contributed by atoms with Gasteiger partial charge in [-0.25, -0.2) is 0 Å². The topological polar surface area (TPSA) is 76.7 Å². The van der Waals surface area contributed by atoms with Crippen LogP contribution in [0.1, 0.15) is 17.5 Å². The summed E-state index contributed by atoms with van der Waals surface area (Å²) in [6, 6.07) is 11.1. The Morgan fingerprint density at radius 2 is 1.67 bits per heavy atom. The van der Waals surface area contributed by atoms with E-state index in [1.54, 1.807) is 20.3 Å². The van der Waals surface area contributed by atoms with E-state index in [0.29, 0.717) is 17.9 Å². The molecule has 6 nitrogen and oxygen atoms in total. The lowest BCUT2D eigenvalue weighted by Gasteiger charge is -2.10. The molecule has 0 atom stereocenters. The summed E-state index contributed by atoms with van der Waals surface area (Å²) in [4.78, 5) is 24.1. The molecule has 2 aromatic rings. The van der Waals surface area contributed by atoms with Crippen LogP contribution in [-0.4, -0.2) is 32.6 Å². The van der Waals surface area contributed by atoms with E-state index in [2.05, 4.69) is 26.6 Å². The van der Waals surface area contributed by atoms with Crippen molar-refractivity contribution in [1.29, 1.82) is 0 Å². The quantitative estimate of drug-likeness (QED) is 0.666. The van der Waals surface area contributed by atoms with Gasteiger partial charge in [-0.3, -0.25) is 9.59 Å². The van der Waals surface area contributed by atoms with Gasteiger partial charge in [-0.2, -0.15) is 0 Å². The second kappa shape index (κ2) is 9.97. The fourth-order valence-electron chi connectivity index (χ4n) is 2.50. The van der Waals surface area contributed by atoms with E-state index in [1.165, 1.54) is 0 Å². The van der Waals surface area contributed by atoms with Crippen LogP contribution in [0.25, 0.3) is 0 Å². The molecule has 0 aliphatic rings. The van der Waals surface area contributed by atoms with Crippen molar-refractivity contribution in [3.63, 3.8) is 0 Å². The molecule has 0 saturated heterocycles. The zero-order valence-corrected chi connectivity index (χ0v) is 17.2. The van der Waals surface area contributed by atoms with E-state index in [0.717, 1.165) is 21.3 Å². The summed E-state index contributed by atoms with van der Waals surface area (Å²) in [5, 5.41) is 5.43. The normalized spacial score (nSPS) is 10.2. The van der Waals surface area contributed by atoms with Gasteiger partial charge in [-0.1, -0.05) is 15.9 Å². The van der Waals surface area contributed by atoms with Gasteiger partial charge < -0.3 is 20.1 Å².